The highest BCUT2D eigenvalue weighted by atomic mass is 79.9. The Kier molecular flexibility index (Phi) is 2.84. The van der Waals surface area contributed by atoms with Gasteiger partial charge in [-0.15, -0.1) is 0 Å². The summed E-state index contributed by atoms with van der Waals surface area (Å²) in [5, 5.41) is 4.13. The first kappa shape index (κ1) is 13.5. The minimum atomic E-state index is -0.643. The van der Waals surface area contributed by atoms with Crippen molar-refractivity contribution in [2.45, 2.75) is 18.9 Å². The van der Waals surface area contributed by atoms with E-state index >= 15 is 0 Å². The summed E-state index contributed by atoms with van der Waals surface area (Å²) < 4.78 is 0.715. The Labute approximate surface area is 134 Å². The van der Waals surface area contributed by atoms with Crippen LogP contribution >= 0.6 is 15.9 Å². The van der Waals surface area contributed by atoms with Crippen molar-refractivity contribution in [1.82, 2.24) is 5.32 Å². The molecular formula is C16H11BrN2O3. The number of benzene rings is 2. The normalized spacial score (nSPS) is 20.7. The Hall–Kier alpha value is -2.21. The van der Waals surface area contributed by atoms with Crippen molar-refractivity contribution in [3.8, 4) is 0 Å². The van der Waals surface area contributed by atoms with Crippen molar-refractivity contribution in [3.05, 3.63) is 40.4 Å². The zero-order chi connectivity index (χ0) is 15.4. The van der Waals surface area contributed by atoms with Gasteiger partial charge >= 0.3 is 0 Å². The molecule has 0 aliphatic carbocycles. The van der Waals surface area contributed by atoms with Crippen LogP contribution in [0.15, 0.2) is 34.8 Å². The number of rotatable bonds is 1. The van der Waals surface area contributed by atoms with Gasteiger partial charge in [0.1, 0.15) is 6.04 Å². The van der Waals surface area contributed by atoms with Crippen LogP contribution in [-0.2, 0) is 9.59 Å². The molecule has 1 N–H and O–H groups in total. The van der Waals surface area contributed by atoms with Crippen LogP contribution in [0.2, 0.25) is 0 Å². The molecule has 5 nitrogen and oxygen atoms in total. The summed E-state index contributed by atoms with van der Waals surface area (Å²) in [6.45, 7) is 0. The molecule has 3 amide bonds. The topological polar surface area (TPSA) is 66.5 Å². The number of nitrogens with one attached hydrogen (secondary N) is 1. The van der Waals surface area contributed by atoms with Crippen LogP contribution in [0.4, 0.5) is 5.69 Å². The number of amides is 3. The first-order valence-corrected chi connectivity index (χ1v) is 7.75. The molecule has 2 aromatic rings. The zero-order valence-corrected chi connectivity index (χ0v) is 13.0. The lowest BCUT2D eigenvalue weighted by Crippen LogP contribution is -2.53. The maximum absolute atomic E-state index is 12.9. The summed E-state index contributed by atoms with van der Waals surface area (Å²) in [5.74, 6) is -0.900. The van der Waals surface area contributed by atoms with Crippen LogP contribution in [0.1, 0.15) is 23.2 Å². The van der Waals surface area contributed by atoms with Gasteiger partial charge in [-0.3, -0.25) is 24.6 Å². The molecule has 0 saturated carbocycles. The molecule has 110 valence electrons. The van der Waals surface area contributed by atoms with Gasteiger partial charge in [-0.05, 0) is 39.9 Å². The number of carbonyl (C=O) groups is 3. The zero-order valence-electron chi connectivity index (χ0n) is 11.4. The molecule has 1 saturated heterocycles. The van der Waals surface area contributed by atoms with Gasteiger partial charge in [0.15, 0.2) is 0 Å². The lowest BCUT2D eigenvalue weighted by Gasteiger charge is -2.30. The van der Waals surface area contributed by atoms with Crippen molar-refractivity contribution in [2.24, 2.45) is 0 Å². The summed E-state index contributed by atoms with van der Waals surface area (Å²) in [4.78, 5) is 37.9. The molecule has 0 spiro atoms. The summed E-state index contributed by atoms with van der Waals surface area (Å²) >= 11 is 3.43. The SMILES string of the molecule is O=C1CCC(N2C(=O)c3c(Br)ccc4cccc2c34)C(=O)N1. The lowest BCUT2D eigenvalue weighted by molar-refractivity contribution is -0.134. The number of carbonyl (C=O) groups excluding carboxylic acids is 3. The van der Waals surface area contributed by atoms with E-state index in [4.69, 9.17) is 0 Å². The Bertz CT molecular complexity index is 862. The molecule has 22 heavy (non-hydrogen) atoms. The van der Waals surface area contributed by atoms with Crippen LogP contribution < -0.4 is 10.2 Å². The minimum Gasteiger partial charge on any atom is -0.295 e. The molecular weight excluding hydrogens is 348 g/mol. The van der Waals surface area contributed by atoms with Gasteiger partial charge in [0, 0.05) is 16.3 Å². The van der Waals surface area contributed by atoms with E-state index in [1.807, 2.05) is 30.3 Å². The number of imide groups is 1. The average Bonchev–Trinajstić information content (AvgIpc) is 2.78. The second-order valence-electron chi connectivity index (χ2n) is 5.44. The third kappa shape index (κ3) is 1.73. The van der Waals surface area contributed by atoms with E-state index in [0.717, 1.165) is 16.5 Å². The third-order valence-corrected chi connectivity index (χ3v) is 4.85. The molecule has 2 heterocycles. The Morgan fingerprint density at radius 1 is 1.14 bits per heavy atom. The Morgan fingerprint density at radius 3 is 2.73 bits per heavy atom. The Balaban J connectivity index is 1.89. The maximum atomic E-state index is 12.9. The maximum Gasteiger partial charge on any atom is 0.260 e. The molecule has 1 unspecified atom stereocenters. The van der Waals surface area contributed by atoms with Gasteiger partial charge in [0.25, 0.3) is 5.91 Å². The van der Waals surface area contributed by atoms with Crippen LogP contribution in [-0.4, -0.2) is 23.8 Å². The number of halogens is 1. The van der Waals surface area contributed by atoms with E-state index in [2.05, 4.69) is 21.2 Å². The van der Waals surface area contributed by atoms with E-state index in [-0.39, 0.29) is 18.2 Å². The highest BCUT2D eigenvalue weighted by Gasteiger charge is 2.41. The van der Waals surface area contributed by atoms with Crippen LogP contribution in [0.25, 0.3) is 10.8 Å². The average molecular weight is 359 g/mol. The van der Waals surface area contributed by atoms with Crippen molar-refractivity contribution in [3.63, 3.8) is 0 Å². The third-order valence-electron chi connectivity index (χ3n) is 4.19. The number of nitrogens with zero attached hydrogens (tertiary/aromatic N) is 1. The van der Waals surface area contributed by atoms with Crippen molar-refractivity contribution in [1.29, 1.82) is 0 Å². The molecule has 0 aromatic heterocycles. The summed E-state index contributed by atoms with van der Waals surface area (Å²) in [6.07, 6.45) is 0.589. The standard InChI is InChI=1S/C16H11BrN2O3/c17-9-5-4-8-2-1-3-10-13(8)14(9)16(22)19(10)11-6-7-12(20)18-15(11)21/h1-5,11H,6-7H2,(H,18,20,21). The number of hydrogen-bond donors (Lipinski definition) is 1. The monoisotopic (exact) mass is 358 g/mol. The fourth-order valence-corrected chi connectivity index (χ4v) is 3.71. The van der Waals surface area contributed by atoms with E-state index in [9.17, 15) is 14.4 Å². The van der Waals surface area contributed by atoms with Crippen molar-refractivity contribution >= 4 is 50.1 Å². The summed E-state index contributed by atoms with van der Waals surface area (Å²) in [7, 11) is 0. The highest BCUT2D eigenvalue weighted by molar-refractivity contribution is 9.10. The predicted octanol–water partition coefficient (Wildman–Crippen LogP) is 2.37. The molecule has 2 aliphatic rings. The smallest absolute Gasteiger partial charge is 0.260 e. The summed E-state index contributed by atoms with van der Waals surface area (Å²) in [5.41, 5.74) is 1.31. The first-order chi connectivity index (χ1) is 10.6. The number of piperidine rings is 1. The van der Waals surface area contributed by atoms with Crippen molar-refractivity contribution < 1.29 is 14.4 Å². The second kappa shape index (κ2) is 4.64. The minimum absolute atomic E-state index is 0.201. The lowest BCUT2D eigenvalue weighted by atomic mass is 10.0. The van der Waals surface area contributed by atoms with Crippen LogP contribution in [0.3, 0.4) is 0 Å². The molecule has 1 atom stereocenters. The predicted molar refractivity (Wildman–Crippen MR) is 84.6 cm³/mol. The van der Waals surface area contributed by atoms with E-state index in [0.29, 0.717) is 16.5 Å². The largest absolute Gasteiger partial charge is 0.295 e. The summed E-state index contributed by atoms with van der Waals surface area (Å²) in [6, 6.07) is 8.78. The van der Waals surface area contributed by atoms with Gasteiger partial charge in [-0.25, -0.2) is 0 Å². The van der Waals surface area contributed by atoms with Crippen LogP contribution in [0, 0.1) is 0 Å². The molecule has 6 heteroatoms. The van der Waals surface area contributed by atoms with Crippen LogP contribution in [0.5, 0.6) is 0 Å². The quantitative estimate of drug-likeness (QED) is 0.795. The molecule has 1 fully saturated rings. The van der Waals surface area contributed by atoms with E-state index < -0.39 is 11.9 Å². The molecule has 0 bridgehead atoms. The first-order valence-electron chi connectivity index (χ1n) is 6.96. The fraction of sp³-hybridized carbons (Fsp3) is 0.188. The van der Waals surface area contributed by atoms with Gasteiger partial charge < -0.3 is 0 Å². The molecule has 2 aliphatic heterocycles. The molecule has 0 radical (unpaired) electrons. The number of anilines is 1. The fourth-order valence-electron chi connectivity index (χ4n) is 3.21. The second-order valence-corrected chi connectivity index (χ2v) is 6.29. The Morgan fingerprint density at radius 2 is 1.95 bits per heavy atom. The molecule has 2 aromatic carbocycles. The molecule has 4 rings (SSSR count). The van der Waals surface area contributed by atoms with E-state index in [1.165, 1.54) is 4.90 Å². The van der Waals surface area contributed by atoms with Gasteiger partial charge in [-0.2, -0.15) is 0 Å². The van der Waals surface area contributed by atoms with E-state index in [1.54, 1.807) is 0 Å². The van der Waals surface area contributed by atoms with Gasteiger partial charge in [-0.1, -0.05) is 18.2 Å². The van der Waals surface area contributed by atoms with Gasteiger partial charge in [0.05, 0.1) is 11.3 Å². The highest BCUT2D eigenvalue weighted by Crippen LogP contribution is 2.42. The number of hydrogen-bond acceptors (Lipinski definition) is 3. The van der Waals surface area contributed by atoms with Crippen molar-refractivity contribution in [2.75, 3.05) is 4.90 Å². The van der Waals surface area contributed by atoms with Gasteiger partial charge in [0.2, 0.25) is 11.8 Å².